The summed E-state index contributed by atoms with van der Waals surface area (Å²) in [7, 11) is 0. The van der Waals surface area contributed by atoms with Crippen LogP contribution < -0.4 is 10.7 Å². The van der Waals surface area contributed by atoms with E-state index in [2.05, 4.69) is 20.8 Å². The van der Waals surface area contributed by atoms with Crippen LogP contribution in [0.5, 0.6) is 0 Å². The lowest BCUT2D eigenvalue weighted by Gasteiger charge is -2.07. The van der Waals surface area contributed by atoms with Crippen molar-refractivity contribution in [2.45, 2.75) is 27.2 Å². The zero-order valence-corrected chi connectivity index (χ0v) is 12.0. The van der Waals surface area contributed by atoms with Gasteiger partial charge in [-0.3, -0.25) is 14.6 Å². The van der Waals surface area contributed by atoms with Crippen molar-refractivity contribution >= 4 is 17.5 Å². The van der Waals surface area contributed by atoms with E-state index in [1.54, 1.807) is 25.3 Å². The number of aromatic nitrogens is 1. The second-order valence-corrected chi connectivity index (χ2v) is 4.90. The van der Waals surface area contributed by atoms with Crippen LogP contribution in [0, 0.1) is 5.92 Å². The molecule has 1 aromatic rings. The molecule has 1 heterocycles. The van der Waals surface area contributed by atoms with Crippen molar-refractivity contribution in [3.8, 4) is 0 Å². The highest BCUT2D eigenvalue weighted by Crippen LogP contribution is 1.95. The molecule has 0 radical (unpaired) electrons. The van der Waals surface area contributed by atoms with Gasteiger partial charge in [-0.25, -0.2) is 5.43 Å². The van der Waals surface area contributed by atoms with Crippen LogP contribution in [0.25, 0.3) is 0 Å². The van der Waals surface area contributed by atoms with Gasteiger partial charge >= 0.3 is 0 Å². The van der Waals surface area contributed by atoms with Gasteiger partial charge < -0.3 is 5.32 Å². The maximum Gasteiger partial charge on any atom is 0.272 e. The third-order valence-corrected chi connectivity index (χ3v) is 2.40. The maximum absolute atomic E-state index is 11.7. The fourth-order valence-electron chi connectivity index (χ4n) is 1.36. The maximum atomic E-state index is 11.7. The molecule has 0 spiro atoms. The molecule has 0 aliphatic heterocycles. The average molecular weight is 276 g/mol. The summed E-state index contributed by atoms with van der Waals surface area (Å²) >= 11 is 0. The molecule has 0 aliphatic carbocycles. The van der Waals surface area contributed by atoms with Gasteiger partial charge in [0.15, 0.2) is 0 Å². The van der Waals surface area contributed by atoms with Gasteiger partial charge in [-0.05, 0) is 25.0 Å². The van der Waals surface area contributed by atoms with Crippen molar-refractivity contribution in [2.24, 2.45) is 11.0 Å². The summed E-state index contributed by atoms with van der Waals surface area (Å²) in [5.41, 5.74) is 3.37. The molecule has 108 valence electrons. The van der Waals surface area contributed by atoms with Gasteiger partial charge in [-0.15, -0.1) is 0 Å². The Morgan fingerprint density at radius 1 is 1.40 bits per heavy atom. The second kappa shape index (κ2) is 8.04. The minimum absolute atomic E-state index is 0.101. The third-order valence-electron chi connectivity index (χ3n) is 2.40. The van der Waals surface area contributed by atoms with E-state index in [0.29, 0.717) is 23.7 Å². The number of hydrogen-bond donors (Lipinski definition) is 2. The van der Waals surface area contributed by atoms with Crippen molar-refractivity contribution in [2.75, 3.05) is 6.54 Å². The average Bonchev–Trinajstić information content (AvgIpc) is 2.43. The molecular weight excluding hydrogens is 256 g/mol. The Morgan fingerprint density at radius 2 is 2.15 bits per heavy atom. The molecule has 0 bridgehead atoms. The van der Waals surface area contributed by atoms with Crippen molar-refractivity contribution in [3.05, 3.63) is 30.1 Å². The molecule has 0 fully saturated rings. The van der Waals surface area contributed by atoms with Crippen LogP contribution in [0.2, 0.25) is 0 Å². The molecule has 6 heteroatoms. The zero-order valence-electron chi connectivity index (χ0n) is 12.0. The third kappa shape index (κ3) is 6.08. The molecule has 6 nitrogen and oxygen atoms in total. The highest BCUT2D eigenvalue weighted by molar-refractivity contribution is 6.01. The number of nitrogens with one attached hydrogen (secondary N) is 2. The predicted octanol–water partition coefficient (Wildman–Crippen LogP) is 1.35. The molecule has 2 amide bonds. The van der Waals surface area contributed by atoms with Gasteiger partial charge in [-0.1, -0.05) is 13.8 Å². The van der Waals surface area contributed by atoms with Crippen LogP contribution in [0.15, 0.2) is 29.6 Å². The predicted molar refractivity (Wildman–Crippen MR) is 77.3 cm³/mol. The molecule has 20 heavy (non-hydrogen) atoms. The molecule has 0 aromatic carbocycles. The molecule has 0 atom stereocenters. The molecule has 0 unspecified atom stereocenters. The summed E-state index contributed by atoms with van der Waals surface area (Å²) in [6.45, 7) is 6.37. The molecule has 0 saturated carbocycles. The van der Waals surface area contributed by atoms with Crippen molar-refractivity contribution in [1.29, 1.82) is 0 Å². The van der Waals surface area contributed by atoms with Gasteiger partial charge in [0.05, 0.1) is 12.0 Å². The lowest BCUT2D eigenvalue weighted by molar-refractivity contribution is -0.120. The largest absolute Gasteiger partial charge is 0.356 e. The number of rotatable bonds is 6. The minimum atomic E-state index is -0.347. The van der Waals surface area contributed by atoms with Gasteiger partial charge in [0.1, 0.15) is 0 Å². The molecule has 0 aliphatic rings. The number of carbonyl (C=O) groups is 2. The molecule has 1 aromatic heterocycles. The van der Waals surface area contributed by atoms with E-state index in [0.717, 1.165) is 0 Å². The SMILES string of the molecule is CC(CC(=O)NCC(C)C)=NNC(=O)c1cccnc1. The molecular formula is C14H20N4O2. The van der Waals surface area contributed by atoms with Crippen LogP contribution in [0.1, 0.15) is 37.6 Å². The van der Waals surface area contributed by atoms with Gasteiger partial charge in [0, 0.05) is 24.7 Å². The van der Waals surface area contributed by atoms with E-state index in [1.807, 2.05) is 13.8 Å². The Bertz CT molecular complexity index is 483. The number of carbonyl (C=O) groups excluding carboxylic acids is 2. The number of nitrogens with zero attached hydrogens (tertiary/aromatic N) is 2. The highest BCUT2D eigenvalue weighted by Gasteiger charge is 2.06. The monoisotopic (exact) mass is 276 g/mol. The van der Waals surface area contributed by atoms with Crippen molar-refractivity contribution < 1.29 is 9.59 Å². The van der Waals surface area contributed by atoms with E-state index in [1.165, 1.54) is 6.20 Å². The van der Waals surface area contributed by atoms with E-state index < -0.39 is 0 Å². The molecule has 2 N–H and O–H groups in total. The molecule has 0 saturated heterocycles. The Hall–Kier alpha value is -2.24. The summed E-state index contributed by atoms with van der Waals surface area (Å²) in [5.74, 6) is -0.0444. The number of amides is 2. The summed E-state index contributed by atoms with van der Waals surface area (Å²) in [5, 5.41) is 6.69. The number of hydrogen-bond acceptors (Lipinski definition) is 4. The van der Waals surface area contributed by atoms with E-state index in [4.69, 9.17) is 0 Å². The van der Waals surface area contributed by atoms with Crippen LogP contribution in [0.4, 0.5) is 0 Å². The standard InChI is InChI=1S/C14H20N4O2/c1-10(2)8-16-13(19)7-11(3)17-18-14(20)12-5-4-6-15-9-12/h4-6,9-10H,7-8H2,1-3H3,(H,16,19)(H,18,20). The summed E-state index contributed by atoms with van der Waals surface area (Å²) in [6, 6.07) is 3.31. The normalized spacial score (nSPS) is 11.3. The lowest BCUT2D eigenvalue weighted by atomic mass is 10.2. The summed E-state index contributed by atoms with van der Waals surface area (Å²) in [4.78, 5) is 27.1. The number of hydrazone groups is 1. The Morgan fingerprint density at radius 3 is 2.75 bits per heavy atom. The number of pyridine rings is 1. The van der Waals surface area contributed by atoms with Crippen LogP contribution in [-0.4, -0.2) is 29.1 Å². The fraction of sp³-hybridized carbons (Fsp3) is 0.429. The second-order valence-electron chi connectivity index (χ2n) is 4.90. The molecule has 1 rings (SSSR count). The van der Waals surface area contributed by atoms with Gasteiger partial charge in [0.25, 0.3) is 5.91 Å². The first-order valence-corrected chi connectivity index (χ1v) is 6.49. The van der Waals surface area contributed by atoms with Crippen LogP contribution >= 0.6 is 0 Å². The summed E-state index contributed by atoms with van der Waals surface area (Å²) in [6.07, 6.45) is 3.21. The van der Waals surface area contributed by atoms with E-state index >= 15 is 0 Å². The minimum Gasteiger partial charge on any atom is -0.356 e. The van der Waals surface area contributed by atoms with Gasteiger partial charge in [0.2, 0.25) is 5.91 Å². The van der Waals surface area contributed by atoms with Crippen LogP contribution in [-0.2, 0) is 4.79 Å². The Kier molecular flexibility index (Phi) is 6.36. The Labute approximate surface area is 118 Å². The van der Waals surface area contributed by atoms with Crippen LogP contribution in [0.3, 0.4) is 0 Å². The van der Waals surface area contributed by atoms with Gasteiger partial charge in [-0.2, -0.15) is 5.10 Å². The lowest BCUT2D eigenvalue weighted by Crippen LogP contribution is -2.29. The highest BCUT2D eigenvalue weighted by atomic mass is 16.2. The van der Waals surface area contributed by atoms with Crippen molar-refractivity contribution in [1.82, 2.24) is 15.7 Å². The topological polar surface area (TPSA) is 83.5 Å². The first kappa shape index (κ1) is 15.8. The summed E-state index contributed by atoms with van der Waals surface area (Å²) < 4.78 is 0. The zero-order chi connectivity index (χ0) is 15.0. The quantitative estimate of drug-likeness (QED) is 0.607. The first-order chi connectivity index (χ1) is 9.49. The first-order valence-electron chi connectivity index (χ1n) is 6.49. The Balaban J connectivity index is 2.42. The van der Waals surface area contributed by atoms with E-state index in [9.17, 15) is 9.59 Å². The van der Waals surface area contributed by atoms with Crippen molar-refractivity contribution in [3.63, 3.8) is 0 Å². The van der Waals surface area contributed by atoms with E-state index in [-0.39, 0.29) is 18.2 Å². The smallest absolute Gasteiger partial charge is 0.272 e. The fourth-order valence-corrected chi connectivity index (χ4v) is 1.36.